The molecule has 1 amide bonds. The Kier molecular flexibility index (Phi) is 6.07. The van der Waals surface area contributed by atoms with Crippen LogP contribution in [0.25, 0.3) is 0 Å². The summed E-state index contributed by atoms with van der Waals surface area (Å²) in [7, 11) is 0. The minimum Gasteiger partial charge on any atom is -0.481 e. The first kappa shape index (κ1) is 14.9. The van der Waals surface area contributed by atoms with Crippen LogP contribution in [0.3, 0.4) is 0 Å². The van der Waals surface area contributed by atoms with E-state index in [4.69, 9.17) is 10.8 Å². The molecule has 1 rings (SSSR count). The highest BCUT2D eigenvalue weighted by Crippen LogP contribution is 2.07. The van der Waals surface area contributed by atoms with Gasteiger partial charge in [-0.2, -0.15) is 0 Å². The second-order valence-corrected chi connectivity index (χ2v) is 4.99. The first-order valence-electron chi connectivity index (χ1n) is 6.46. The van der Waals surface area contributed by atoms with E-state index in [9.17, 15) is 9.59 Å². The maximum absolute atomic E-state index is 11.6. The largest absolute Gasteiger partial charge is 0.481 e. The predicted molar refractivity (Wildman–Crippen MR) is 68.1 cm³/mol. The van der Waals surface area contributed by atoms with E-state index < -0.39 is 11.9 Å². The molecule has 6 heteroatoms. The molecule has 0 spiro atoms. The van der Waals surface area contributed by atoms with Gasteiger partial charge in [0.25, 0.3) is 0 Å². The molecule has 1 aliphatic rings. The molecule has 1 unspecified atom stereocenters. The molecule has 0 aromatic carbocycles. The zero-order valence-electron chi connectivity index (χ0n) is 10.9. The number of hydrogen-bond acceptors (Lipinski definition) is 4. The molecule has 6 nitrogen and oxygen atoms in total. The molecule has 18 heavy (non-hydrogen) atoms. The van der Waals surface area contributed by atoms with Gasteiger partial charge in [-0.1, -0.05) is 6.92 Å². The average molecular weight is 257 g/mol. The van der Waals surface area contributed by atoms with Crippen molar-refractivity contribution in [2.75, 3.05) is 26.2 Å². The van der Waals surface area contributed by atoms with E-state index in [1.807, 2.05) is 0 Å². The minimum absolute atomic E-state index is 0.0388. The summed E-state index contributed by atoms with van der Waals surface area (Å²) in [6, 6.07) is 0.265. The lowest BCUT2D eigenvalue weighted by atomic mass is 10.1. The van der Waals surface area contributed by atoms with Gasteiger partial charge in [0, 0.05) is 25.7 Å². The number of nitrogens with two attached hydrogens (primary N) is 1. The first-order valence-corrected chi connectivity index (χ1v) is 6.46. The van der Waals surface area contributed by atoms with E-state index in [0.717, 1.165) is 25.9 Å². The third-order valence-corrected chi connectivity index (χ3v) is 3.32. The zero-order chi connectivity index (χ0) is 13.5. The number of aliphatic carboxylic acids is 1. The molecule has 4 N–H and O–H groups in total. The summed E-state index contributed by atoms with van der Waals surface area (Å²) in [6.45, 7) is 4.16. The molecule has 0 bridgehead atoms. The van der Waals surface area contributed by atoms with E-state index in [1.165, 1.54) is 0 Å². The van der Waals surface area contributed by atoms with Crippen molar-refractivity contribution in [2.45, 2.75) is 32.2 Å². The minimum atomic E-state index is -0.825. The number of carbonyl (C=O) groups excluding carboxylic acids is 1. The van der Waals surface area contributed by atoms with Crippen LogP contribution in [0.1, 0.15) is 26.2 Å². The Bertz CT molecular complexity index is 288. The molecule has 104 valence electrons. The van der Waals surface area contributed by atoms with Crippen LogP contribution in [0.2, 0.25) is 0 Å². The lowest BCUT2D eigenvalue weighted by Crippen LogP contribution is -2.44. The van der Waals surface area contributed by atoms with Gasteiger partial charge < -0.3 is 16.2 Å². The highest BCUT2D eigenvalue weighted by atomic mass is 16.4. The smallest absolute Gasteiger partial charge is 0.306 e. The van der Waals surface area contributed by atoms with Crippen LogP contribution in [0.15, 0.2) is 0 Å². The second-order valence-electron chi connectivity index (χ2n) is 4.99. The third kappa shape index (κ3) is 5.46. The highest BCUT2D eigenvalue weighted by Gasteiger charge is 2.18. The molecule has 1 saturated heterocycles. The number of carboxylic acids is 1. The summed E-state index contributed by atoms with van der Waals surface area (Å²) >= 11 is 0. The molecule has 0 aliphatic carbocycles. The standard InChI is InChI=1S/C12H23N3O3/c1-9(12(17)18)2-5-14-11(16)8-15-6-3-10(13)4-7-15/h9-10H,2-8,13H2,1H3,(H,14,16)(H,17,18). The van der Waals surface area contributed by atoms with E-state index in [-0.39, 0.29) is 11.9 Å². The number of nitrogens with zero attached hydrogens (tertiary/aromatic N) is 1. The molecular weight excluding hydrogens is 234 g/mol. The molecule has 1 atom stereocenters. The number of likely N-dealkylation sites (tertiary alicyclic amines) is 1. The highest BCUT2D eigenvalue weighted by molar-refractivity contribution is 5.78. The van der Waals surface area contributed by atoms with Crippen molar-refractivity contribution in [3.8, 4) is 0 Å². The monoisotopic (exact) mass is 257 g/mol. The summed E-state index contributed by atoms with van der Waals surface area (Å²) in [5, 5.41) is 11.5. The van der Waals surface area contributed by atoms with Crippen molar-refractivity contribution in [3.05, 3.63) is 0 Å². The normalized spacial score (nSPS) is 19.4. The van der Waals surface area contributed by atoms with Gasteiger partial charge in [-0.3, -0.25) is 14.5 Å². The van der Waals surface area contributed by atoms with Crippen LogP contribution in [0.5, 0.6) is 0 Å². The molecule has 0 aromatic rings. The summed E-state index contributed by atoms with van der Waals surface area (Å²) in [5.41, 5.74) is 5.79. The fraction of sp³-hybridized carbons (Fsp3) is 0.833. The number of carboxylic acid groups (broad SMARTS) is 1. The van der Waals surface area contributed by atoms with Crippen molar-refractivity contribution in [2.24, 2.45) is 11.7 Å². The van der Waals surface area contributed by atoms with Crippen molar-refractivity contribution < 1.29 is 14.7 Å². The van der Waals surface area contributed by atoms with Crippen molar-refractivity contribution >= 4 is 11.9 Å². The molecule has 1 heterocycles. The van der Waals surface area contributed by atoms with E-state index >= 15 is 0 Å². The van der Waals surface area contributed by atoms with Gasteiger partial charge in [0.05, 0.1) is 12.5 Å². The van der Waals surface area contributed by atoms with Gasteiger partial charge in [0.15, 0.2) is 0 Å². The Hall–Kier alpha value is -1.14. The summed E-state index contributed by atoms with van der Waals surface area (Å²) in [5.74, 6) is -1.28. The van der Waals surface area contributed by atoms with Gasteiger partial charge in [-0.25, -0.2) is 0 Å². The number of amides is 1. The van der Waals surface area contributed by atoms with Crippen LogP contribution < -0.4 is 11.1 Å². The maximum atomic E-state index is 11.6. The van der Waals surface area contributed by atoms with Crippen LogP contribution in [-0.4, -0.2) is 54.1 Å². The Morgan fingerprint density at radius 2 is 2.06 bits per heavy atom. The Labute approximate surface area is 108 Å². The van der Waals surface area contributed by atoms with Gasteiger partial charge >= 0.3 is 5.97 Å². The van der Waals surface area contributed by atoms with Gasteiger partial charge in [-0.15, -0.1) is 0 Å². The maximum Gasteiger partial charge on any atom is 0.306 e. The van der Waals surface area contributed by atoms with E-state index in [0.29, 0.717) is 19.5 Å². The lowest BCUT2D eigenvalue weighted by molar-refractivity contribution is -0.141. The van der Waals surface area contributed by atoms with Crippen LogP contribution in [0, 0.1) is 5.92 Å². The topological polar surface area (TPSA) is 95.7 Å². The van der Waals surface area contributed by atoms with Crippen molar-refractivity contribution in [3.63, 3.8) is 0 Å². The van der Waals surface area contributed by atoms with Crippen LogP contribution in [0.4, 0.5) is 0 Å². The van der Waals surface area contributed by atoms with E-state index in [2.05, 4.69) is 10.2 Å². The van der Waals surface area contributed by atoms with Crippen molar-refractivity contribution in [1.82, 2.24) is 10.2 Å². The summed E-state index contributed by atoms with van der Waals surface area (Å²) < 4.78 is 0. The lowest BCUT2D eigenvalue weighted by Gasteiger charge is -2.29. The summed E-state index contributed by atoms with van der Waals surface area (Å²) in [6.07, 6.45) is 2.33. The molecular formula is C12H23N3O3. The molecule has 0 saturated carbocycles. The average Bonchev–Trinajstić information content (AvgIpc) is 2.32. The van der Waals surface area contributed by atoms with Crippen LogP contribution >= 0.6 is 0 Å². The Morgan fingerprint density at radius 3 is 2.61 bits per heavy atom. The van der Waals surface area contributed by atoms with Gasteiger partial charge in [-0.05, 0) is 19.3 Å². The fourth-order valence-electron chi connectivity index (χ4n) is 1.92. The molecule has 0 radical (unpaired) electrons. The zero-order valence-corrected chi connectivity index (χ0v) is 10.9. The summed E-state index contributed by atoms with van der Waals surface area (Å²) in [4.78, 5) is 24.3. The van der Waals surface area contributed by atoms with Crippen molar-refractivity contribution in [1.29, 1.82) is 0 Å². The predicted octanol–water partition coefficient (Wildman–Crippen LogP) is -0.363. The number of nitrogens with one attached hydrogen (secondary N) is 1. The number of carbonyl (C=O) groups is 2. The van der Waals surface area contributed by atoms with Crippen LogP contribution in [-0.2, 0) is 9.59 Å². The Balaban J connectivity index is 2.12. The first-order chi connectivity index (χ1) is 8.49. The fourth-order valence-corrected chi connectivity index (χ4v) is 1.92. The van der Waals surface area contributed by atoms with Gasteiger partial charge in [0.2, 0.25) is 5.91 Å². The third-order valence-electron chi connectivity index (χ3n) is 3.32. The quantitative estimate of drug-likeness (QED) is 0.604. The second kappa shape index (κ2) is 7.33. The number of rotatable bonds is 6. The number of piperidine rings is 1. The molecule has 1 fully saturated rings. The number of hydrogen-bond donors (Lipinski definition) is 3. The molecule has 1 aliphatic heterocycles. The van der Waals surface area contributed by atoms with E-state index in [1.54, 1.807) is 6.92 Å². The Morgan fingerprint density at radius 1 is 1.44 bits per heavy atom. The SMILES string of the molecule is CC(CCNC(=O)CN1CCC(N)CC1)C(=O)O. The van der Waals surface area contributed by atoms with Gasteiger partial charge in [0.1, 0.15) is 0 Å². The molecule has 0 aromatic heterocycles.